The molecule has 0 heterocycles. The molecule has 0 radical (unpaired) electrons. The third-order valence-corrected chi connectivity index (χ3v) is 4.47. The van der Waals surface area contributed by atoms with Gasteiger partial charge in [-0.3, -0.25) is 0 Å². The first-order valence-corrected chi connectivity index (χ1v) is 7.53. The molecule has 0 fully saturated rings. The molecule has 14 heavy (non-hydrogen) atoms. The van der Waals surface area contributed by atoms with E-state index in [0.717, 1.165) is 6.42 Å². The fourth-order valence-electron chi connectivity index (χ4n) is 1.42. The van der Waals surface area contributed by atoms with E-state index in [1.165, 1.54) is 0 Å². The summed E-state index contributed by atoms with van der Waals surface area (Å²) in [6.45, 7) is 5.95. The molecule has 0 bridgehead atoms. The quantitative estimate of drug-likeness (QED) is 0.642. The molecular formula is C10H21ClO2S. The maximum atomic E-state index is 11.3. The van der Waals surface area contributed by atoms with E-state index < -0.39 is 9.84 Å². The minimum Gasteiger partial charge on any atom is -0.229 e. The summed E-state index contributed by atoms with van der Waals surface area (Å²) < 4.78 is 22.5. The molecule has 0 aromatic carbocycles. The molecule has 0 aliphatic heterocycles. The topological polar surface area (TPSA) is 34.1 Å². The standard InChI is InChI=1S/C10H21ClO2S/c1-4-14(12,13)6-5-10(8-11)7-9(2)3/h9-10H,4-8H2,1-3H3. The Labute approximate surface area is 93.0 Å². The molecule has 0 aromatic heterocycles. The summed E-state index contributed by atoms with van der Waals surface area (Å²) in [5.74, 6) is 2.02. The monoisotopic (exact) mass is 240 g/mol. The summed E-state index contributed by atoms with van der Waals surface area (Å²) in [5.41, 5.74) is 0. The lowest BCUT2D eigenvalue weighted by Crippen LogP contribution is -2.15. The van der Waals surface area contributed by atoms with Crippen molar-refractivity contribution in [3.8, 4) is 0 Å². The first kappa shape index (κ1) is 14.2. The van der Waals surface area contributed by atoms with E-state index in [2.05, 4.69) is 13.8 Å². The van der Waals surface area contributed by atoms with Gasteiger partial charge in [-0.25, -0.2) is 8.42 Å². The second-order valence-corrected chi connectivity index (χ2v) is 6.96. The van der Waals surface area contributed by atoms with Crippen LogP contribution in [-0.4, -0.2) is 25.8 Å². The first-order valence-electron chi connectivity index (χ1n) is 5.17. The van der Waals surface area contributed by atoms with Gasteiger partial charge in [-0.1, -0.05) is 20.8 Å². The zero-order valence-electron chi connectivity index (χ0n) is 9.29. The van der Waals surface area contributed by atoms with Gasteiger partial charge in [0.2, 0.25) is 0 Å². The number of alkyl halides is 1. The molecule has 0 N–H and O–H groups in total. The van der Waals surface area contributed by atoms with Gasteiger partial charge in [0.05, 0.1) is 5.75 Å². The van der Waals surface area contributed by atoms with Crippen molar-refractivity contribution in [1.29, 1.82) is 0 Å². The molecule has 1 atom stereocenters. The Morgan fingerprint density at radius 3 is 2.21 bits per heavy atom. The third-order valence-electron chi connectivity index (χ3n) is 2.30. The van der Waals surface area contributed by atoms with Gasteiger partial charge < -0.3 is 0 Å². The van der Waals surface area contributed by atoms with E-state index in [1.807, 2.05) is 0 Å². The number of halogens is 1. The van der Waals surface area contributed by atoms with Gasteiger partial charge >= 0.3 is 0 Å². The van der Waals surface area contributed by atoms with E-state index in [4.69, 9.17) is 11.6 Å². The predicted octanol–water partition coefficient (Wildman–Crippen LogP) is 2.71. The lowest BCUT2D eigenvalue weighted by Gasteiger charge is -2.15. The van der Waals surface area contributed by atoms with E-state index in [9.17, 15) is 8.42 Å². The van der Waals surface area contributed by atoms with Gasteiger partial charge in [0.15, 0.2) is 0 Å². The highest BCUT2D eigenvalue weighted by atomic mass is 35.5. The van der Waals surface area contributed by atoms with Crippen molar-refractivity contribution in [2.45, 2.75) is 33.6 Å². The largest absolute Gasteiger partial charge is 0.229 e. The maximum absolute atomic E-state index is 11.3. The normalized spacial score (nSPS) is 14.6. The SMILES string of the molecule is CCS(=O)(=O)CCC(CCl)CC(C)C. The van der Waals surface area contributed by atoms with E-state index in [1.54, 1.807) is 6.92 Å². The second kappa shape index (κ2) is 6.67. The van der Waals surface area contributed by atoms with Crippen molar-refractivity contribution in [3.05, 3.63) is 0 Å². The highest BCUT2D eigenvalue weighted by Gasteiger charge is 2.14. The van der Waals surface area contributed by atoms with Gasteiger partial charge in [0.1, 0.15) is 9.84 Å². The van der Waals surface area contributed by atoms with Gasteiger partial charge in [0, 0.05) is 11.6 Å². The van der Waals surface area contributed by atoms with Gasteiger partial charge in [-0.15, -0.1) is 11.6 Å². The number of hydrogen-bond acceptors (Lipinski definition) is 2. The molecule has 0 amide bonds. The van der Waals surface area contributed by atoms with Crippen molar-refractivity contribution in [1.82, 2.24) is 0 Å². The van der Waals surface area contributed by atoms with Crippen LogP contribution in [0.3, 0.4) is 0 Å². The summed E-state index contributed by atoms with van der Waals surface area (Å²) in [7, 11) is -2.82. The number of hydrogen-bond donors (Lipinski definition) is 0. The maximum Gasteiger partial charge on any atom is 0.150 e. The van der Waals surface area contributed by atoms with Crippen LogP contribution >= 0.6 is 11.6 Å². The molecule has 0 aliphatic carbocycles. The number of rotatable bonds is 7. The molecule has 0 saturated heterocycles. The van der Waals surface area contributed by atoms with E-state index in [-0.39, 0.29) is 11.5 Å². The molecule has 0 aromatic rings. The Hall–Kier alpha value is 0.240. The van der Waals surface area contributed by atoms with Crippen molar-refractivity contribution < 1.29 is 8.42 Å². The Morgan fingerprint density at radius 1 is 1.29 bits per heavy atom. The average Bonchev–Trinajstić information content (AvgIpc) is 2.12. The second-order valence-electron chi connectivity index (χ2n) is 4.17. The fraction of sp³-hybridized carbons (Fsp3) is 1.00. The Balaban J connectivity index is 3.96. The van der Waals surface area contributed by atoms with Crippen LogP contribution in [0.4, 0.5) is 0 Å². The van der Waals surface area contributed by atoms with Gasteiger partial charge in [-0.2, -0.15) is 0 Å². The van der Waals surface area contributed by atoms with Crippen LogP contribution in [0.1, 0.15) is 33.6 Å². The van der Waals surface area contributed by atoms with Crippen LogP contribution in [0.2, 0.25) is 0 Å². The molecule has 4 heteroatoms. The van der Waals surface area contributed by atoms with Crippen molar-refractivity contribution in [2.75, 3.05) is 17.4 Å². The molecule has 86 valence electrons. The molecular weight excluding hydrogens is 220 g/mol. The Kier molecular flexibility index (Phi) is 6.79. The van der Waals surface area contributed by atoms with Crippen molar-refractivity contribution >= 4 is 21.4 Å². The van der Waals surface area contributed by atoms with Crippen LogP contribution in [-0.2, 0) is 9.84 Å². The fourth-order valence-corrected chi connectivity index (χ4v) is 2.68. The van der Waals surface area contributed by atoms with Crippen LogP contribution in [0.25, 0.3) is 0 Å². The van der Waals surface area contributed by atoms with Crippen LogP contribution < -0.4 is 0 Å². The predicted molar refractivity (Wildman–Crippen MR) is 62.6 cm³/mol. The Morgan fingerprint density at radius 2 is 1.86 bits per heavy atom. The summed E-state index contributed by atoms with van der Waals surface area (Å²) in [4.78, 5) is 0. The van der Waals surface area contributed by atoms with Crippen LogP contribution in [0, 0.1) is 11.8 Å². The zero-order valence-corrected chi connectivity index (χ0v) is 10.9. The summed E-state index contributed by atoms with van der Waals surface area (Å²) in [6, 6.07) is 0. The molecule has 0 saturated carbocycles. The van der Waals surface area contributed by atoms with Gasteiger partial charge in [0.25, 0.3) is 0 Å². The molecule has 0 spiro atoms. The van der Waals surface area contributed by atoms with Crippen molar-refractivity contribution in [2.24, 2.45) is 11.8 Å². The minimum absolute atomic E-state index is 0.240. The van der Waals surface area contributed by atoms with Gasteiger partial charge in [-0.05, 0) is 24.7 Å². The molecule has 2 nitrogen and oxygen atoms in total. The lowest BCUT2D eigenvalue weighted by atomic mass is 9.97. The van der Waals surface area contributed by atoms with E-state index >= 15 is 0 Å². The molecule has 0 rings (SSSR count). The number of sulfone groups is 1. The van der Waals surface area contributed by atoms with E-state index in [0.29, 0.717) is 24.1 Å². The smallest absolute Gasteiger partial charge is 0.150 e. The molecule has 1 unspecified atom stereocenters. The molecule has 0 aliphatic rings. The highest BCUT2D eigenvalue weighted by Crippen LogP contribution is 2.17. The highest BCUT2D eigenvalue weighted by molar-refractivity contribution is 7.91. The average molecular weight is 241 g/mol. The van der Waals surface area contributed by atoms with Crippen molar-refractivity contribution in [3.63, 3.8) is 0 Å². The Bertz CT molecular complexity index is 235. The summed E-state index contributed by atoms with van der Waals surface area (Å²) >= 11 is 5.79. The summed E-state index contributed by atoms with van der Waals surface area (Å²) in [5, 5.41) is 0. The summed E-state index contributed by atoms with van der Waals surface area (Å²) in [6.07, 6.45) is 1.72. The van der Waals surface area contributed by atoms with Crippen LogP contribution in [0.15, 0.2) is 0 Å². The van der Waals surface area contributed by atoms with Crippen LogP contribution in [0.5, 0.6) is 0 Å². The minimum atomic E-state index is -2.82. The lowest BCUT2D eigenvalue weighted by molar-refractivity contribution is 0.432. The zero-order chi connectivity index (χ0) is 11.2. The first-order chi connectivity index (χ1) is 6.41. The third kappa shape index (κ3) is 6.66.